The molecule has 210 valence electrons. The summed E-state index contributed by atoms with van der Waals surface area (Å²) in [5.74, 6) is 1.44. The Morgan fingerprint density at radius 2 is 1.82 bits per heavy atom. The van der Waals surface area contributed by atoms with Crippen LogP contribution >= 0.6 is 0 Å². The van der Waals surface area contributed by atoms with Crippen LogP contribution in [0, 0.1) is 5.82 Å². The Kier molecular flexibility index (Phi) is 7.35. The highest BCUT2D eigenvalue weighted by Gasteiger charge is 2.33. The molecule has 2 atom stereocenters. The second-order valence-electron chi connectivity index (χ2n) is 10.1. The fourth-order valence-corrected chi connectivity index (χ4v) is 5.66. The maximum absolute atomic E-state index is 13.6. The van der Waals surface area contributed by atoms with E-state index < -0.39 is 6.04 Å². The van der Waals surface area contributed by atoms with Gasteiger partial charge < -0.3 is 24.1 Å². The van der Waals surface area contributed by atoms with Crippen molar-refractivity contribution in [2.45, 2.75) is 31.5 Å². The number of benzene rings is 2. The fraction of sp³-hybridized carbons (Fsp3) is 0.429. The van der Waals surface area contributed by atoms with Gasteiger partial charge in [-0.1, -0.05) is 0 Å². The van der Waals surface area contributed by atoms with E-state index in [4.69, 9.17) is 14.2 Å². The molecule has 2 aromatic carbocycles. The van der Waals surface area contributed by atoms with Gasteiger partial charge in [0.1, 0.15) is 11.9 Å². The molecule has 0 amide bonds. The molecule has 0 bridgehead atoms. The highest BCUT2D eigenvalue weighted by atomic mass is 19.1. The van der Waals surface area contributed by atoms with Crippen LogP contribution in [0.15, 0.2) is 47.3 Å². The number of piperazine rings is 1. The van der Waals surface area contributed by atoms with Crippen LogP contribution in [-0.4, -0.2) is 83.2 Å². The summed E-state index contributed by atoms with van der Waals surface area (Å²) >= 11 is 0. The van der Waals surface area contributed by atoms with Gasteiger partial charge in [-0.15, -0.1) is 5.10 Å². The van der Waals surface area contributed by atoms with E-state index in [0.29, 0.717) is 61.1 Å². The Balaban J connectivity index is 1.38. The van der Waals surface area contributed by atoms with Crippen molar-refractivity contribution >= 4 is 16.6 Å². The molecule has 40 heavy (non-hydrogen) atoms. The van der Waals surface area contributed by atoms with Gasteiger partial charge >= 0.3 is 0 Å². The summed E-state index contributed by atoms with van der Waals surface area (Å²) < 4.78 is 32.0. The van der Waals surface area contributed by atoms with Crippen molar-refractivity contribution in [3.8, 4) is 11.5 Å². The summed E-state index contributed by atoms with van der Waals surface area (Å²) in [5, 5.41) is 13.5. The molecule has 4 aromatic rings. The lowest BCUT2D eigenvalue weighted by Crippen LogP contribution is -2.49. The molecule has 2 aliphatic heterocycles. The summed E-state index contributed by atoms with van der Waals surface area (Å²) in [5.41, 5.74) is 1.92. The molecule has 0 saturated carbocycles. The van der Waals surface area contributed by atoms with Crippen molar-refractivity contribution in [2.24, 2.45) is 0 Å². The van der Waals surface area contributed by atoms with Crippen LogP contribution in [0.4, 0.5) is 10.1 Å². The highest BCUT2D eigenvalue weighted by Crippen LogP contribution is 2.34. The molecular formula is C28H32FN7O4. The van der Waals surface area contributed by atoms with Crippen molar-refractivity contribution in [2.75, 3.05) is 51.9 Å². The summed E-state index contributed by atoms with van der Waals surface area (Å²) in [6.45, 7) is 3.95. The number of aromatic nitrogens is 5. The molecule has 1 N–H and O–H groups in total. The van der Waals surface area contributed by atoms with Crippen molar-refractivity contribution in [3.05, 3.63) is 70.0 Å². The first-order valence-electron chi connectivity index (χ1n) is 13.4. The lowest BCUT2D eigenvalue weighted by atomic mass is 10.0. The third-order valence-electron chi connectivity index (χ3n) is 7.75. The average Bonchev–Trinajstić information content (AvgIpc) is 3.66. The number of tetrazole rings is 1. The maximum atomic E-state index is 13.6. The number of rotatable bonds is 8. The number of halogens is 1. The van der Waals surface area contributed by atoms with E-state index in [1.807, 2.05) is 12.1 Å². The number of hydrogen-bond donors (Lipinski definition) is 1. The molecule has 0 aliphatic carbocycles. The SMILES string of the molecule is COc1cc2cc([C@@H](c3nnnn3C[C@H]3CCCO3)N3CCN(c4ccc(F)cc4)CC3)c(=O)[nH]c2cc1OC. The van der Waals surface area contributed by atoms with Gasteiger partial charge in [-0.3, -0.25) is 9.69 Å². The lowest BCUT2D eigenvalue weighted by molar-refractivity contribution is 0.0906. The van der Waals surface area contributed by atoms with E-state index in [-0.39, 0.29) is 17.5 Å². The fourth-order valence-electron chi connectivity index (χ4n) is 5.66. The van der Waals surface area contributed by atoms with Crippen LogP contribution in [-0.2, 0) is 11.3 Å². The van der Waals surface area contributed by atoms with Crippen LogP contribution in [0.25, 0.3) is 10.9 Å². The quantitative estimate of drug-likeness (QED) is 0.355. The molecule has 0 radical (unpaired) electrons. The van der Waals surface area contributed by atoms with Crippen molar-refractivity contribution in [1.82, 2.24) is 30.1 Å². The van der Waals surface area contributed by atoms with E-state index in [0.717, 1.165) is 30.5 Å². The number of nitrogens with one attached hydrogen (secondary N) is 1. The monoisotopic (exact) mass is 549 g/mol. The van der Waals surface area contributed by atoms with E-state index >= 15 is 0 Å². The van der Waals surface area contributed by atoms with Crippen LogP contribution in [0.2, 0.25) is 0 Å². The number of aromatic amines is 1. The number of hydrogen-bond acceptors (Lipinski definition) is 9. The molecule has 11 nitrogen and oxygen atoms in total. The largest absolute Gasteiger partial charge is 0.493 e. The predicted octanol–water partition coefficient (Wildman–Crippen LogP) is 2.76. The van der Waals surface area contributed by atoms with Crippen LogP contribution in [0.3, 0.4) is 0 Å². The number of fused-ring (bicyclic) bond motifs is 1. The average molecular weight is 550 g/mol. The number of nitrogens with zero attached hydrogens (tertiary/aromatic N) is 6. The van der Waals surface area contributed by atoms with Crippen molar-refractivity contribution in [1.29, 1.82) is 0 Å². The molecular weight excluding hydrogens is 517 g/mol. The Bertz CT molecular complexity index is 1530. The van der Waals surface area contributed by atoms with Crippen LogP contribution in [0.1, 0.15) is 30.3 Å². The minimum absolute atomic E-state index is 0.0323. The smallest absolute Gasteiger partial charge is 0.253 e. The predicted molar refractivity (Wildman–Crippen MR) is 146 cm³/mol. The first kappa shape index (κ1) is 26.2. The summed E-state index contributed by atoms with van der Waals surface area (Å²) in [7, 11) is 3.14. The number of pyridine rings is 1. The third-order valence-corrected chi connectivity index (χ3v) is 7.75. The Hall–Kier alpha value is -4.03. The van der Waals surface area contributed by atoms with Gasteiger partial charge in [0.15, 0.2) is 17.3 Å². The Morgan fingerprint density at radius 3 is 2.52 bits per heavy atom. The zero-order valence-corrected chi connectivity index (χ0v) is 22.5. The van der Waals surface area contributed by atoms with Crippen LogP contribution < -0.4 is 19.9 Å². The van der Waals surface area contributed by atoms with Crippen molar-refractivity contribution in [3.63, 3.8) is 0 Å². The van der Waals surface area contributed by atoms with E-state index in [1.54, 1.807) is 37.1 Å². The zero-order valence-electron chi connectivity index (χ0n) is 22.5. The summed E-state index contributed by atoms with van der Waals surface area (Å²) in [4.78, 5) is 21.1. The first-order chi connectivity index (χ1) is 19.5. The topological polar surface area (TPSA) is 111 Å². The molecule has 2 saturated heterocycles. The number of H-pyrrole nitrogens is 1. The van der Waals surface area contributed by atoms with Gasteiger partial charge in [-0.2, -0.15) is 0 Å². The number of anilines is 1. The Labute approximate surface area is 230 Å². The standard InChI is InChI=1S/C28H32FN7O4/c1-38-24-15-18-14-22(28(37)30-23(18)16-25(24)39-2)26(27-31-32-33-36(27)17-21-4-3-13-40-21)35-11-9-34(10-12-35)20-7-5-19(29)6-8-20/h5-8,14-16,21,26H,3-4,9-13,17H2,1-2H3,(H,30,37)/t21-,26+/m1/s1. The minimum Gasteiger partial charge on any atom is -0.493 e. The van der Waals surface area contributed by atoms with Gasteiger partial charge in [0, 0.05) is 55.5 Å². The highest BCUT2D eigenvalue weighted by molar-refractivity contribution is 5.83. The second-order valence-corrected chi connectivity index (χ2v) is 10.1. The van der Waals surface area contributed by atoms with Gasteiger partial charge in [-0.05, 0) is 59.7 Å². The Morgan fingerprint density at radius 1 is 1.07 bits per heavy atom. The van der Waals surface area contributed by atoms with Gasteiger partial charge in [0.05, 0.1) is 32.4 Å². The molecule has 2 aromatic heterocycles. The maximum Gasteiger partial charge on any atom is 0.253 e. The van der Waals surface area contributed by atoms with E-state index in [1.165, 1.54) is 12.1 Å². The molecule has 4 heterocycles. The normalized spacial score (nSPS) is 18.8. The molecule has 2 aliphatic rings. The minimum atomic E-state index is -0.493. The van der Waals surface area contributed by atoms with Crippen LogP contribution in [0.5, 0.6) is 11.5 Å². The molecule has 12 heteroatoms. The molecule has 0 spiro atoms. The molecule has 2 fully saturated rings. The third kappa shape index (κ3) is 5.11. The molecule has 6 rings (SSSR count). The second kappa shape index (κ2) is 11.2. The van der Waals surface area contributed by atoms with Gasteiger partial charge in [0.25, 0.3) is 5.56 Å². The van der Waals surface area contributed by atoms with E-state index in [2.05, 4.69) is 30.3 Å². The van der Waals surface area contributed by atoms with Crippen molar-refractivity contribution < 1.29 is 18.6 Å². The zero-order chi connectivity index (χ0) is 27.6. The summed E-state index contributed by atoms with van der Waals surface area (Å²) in [6, 6.07) is 11.5. The first-order valence-corrected chi connectivity index (χ1v) is 13.4. The number of methoxy groups -OCH3 is 2. The van der Waals surface area contributed by atoms with E-state index in [9.17, 15) is 9.18 Å². The van der Waals surface area contributed by atoms with Gasteiger partial charge in [0.2, 0.25) is 0 Å². The summed E-state index contributed by atoms with van der Waals surface area (Å²) in [6.07, 6.45) is 1.98. The molecule has 0 unspecified atom stereocenters. The lowest BCUT2D eigenvalue weighted by Gasteiger charge is -2.39. The van der Waals surface area contributed by atoms with Gasteiger partial charge in [-0.25, -0.2) is 9.07 Å². The number of ether oxygens (including phenoxy) is 3.